The second kappa shape index (κ2) is 5.45. The fourth-order valence-electron chi connectivity index (χ4n) is 0.505. The topological polar surface area (TPSA) is 23.9 Å². The highest BCUT2D eigenvalue weighted by molar-refractivity contribution is 7.99. The maximum absolute atomic E-state index is 11.6. The molecule has 0 fully saturated rings. The van der Waals surface area contributed by atoms with Gasteiger partial charge in [0.25, 0.3) is 0 Å². The van der Waals surface area contributed by atoms with E-state index in [9.17, 15) is 13.2 Å². The molecule has 0 aliphatic heterocycles. The van der Waals surface area contributed by atoms with Gasteiger partial charge in [-0.3, -0.25) is 0 Å². The Bertz CT molecular complexity index is 135. The molecule has 0 heterocycles. The van der Waals surface area contributed by atoms with Crippen LogP contribution in [-0.4, -0.2) is 23.9 Å². The summed E-state index contributed by atoms with van der Waals surface area (Å²) in [6.45, 7) is 1.81. The van der Waals surface area contributed by atoms with Crippen molar-refractivity contribution in [1.29, 1.82) is 5.41 Å². The molecule has 0 radical (unpaired) electrons. The molecule has 12 heavy (non-hydrogen) atoms. The van der Waals surface area contributed by atoms with Crippen LogP contribution in [0.2, 0.25) is 0 Å². The molecular formula is C7H12F3NS. The summed E-state index contributed by atoms with van der Waals surface area (Å²) in [5.41, 5.74) is 0. The Morgan fingerprint density at radius 1 is 1.50 bits per heavy atom. The predicted octanol–water partition coefficient (Wildman–Crippen LogP) is 2.96. The van der Waals surface area contributed by atoms with Crippen LogP contribution in [0.25, 0.3) is 0 Å². The van der Waals surface area contributed by atoms with E-state index in [0.29, 0.717) is 5.75 Å². The fourth-order valence-corrected chi connectivity index (χ4v) is 1.52. The zero-order valence-corrected chi connectivity index (χ0v) is 7.63. The summed E-state index contributed by atoms with van der Waals surface area (Å²) in [5, 5.41) is 6.81. The smallest absolute Gasteiger partial charge is 0.313 e. The van der Waals surface area contributed by atoms with E-state index >= 15 is 0 Å². The van der Waals surface area contributed by atoms with Crippen LogP contribution in [0.4, 0.5) is 13.2 Å². The summed E-state index contributed by atoms with van der Waals surface area (Å²) < 4.78 is 34.8. The van der Waals surface area contributed by atoms with Crippen LogP contribution in [0.5, 0.6) is 0 Å². The molecule has 1 nitrogen and oxygen atoms in total. The maximum Gasteiger partial charge on any atom is 0.389 e. The molecule has 0 aromatic heterocycles. The zero-order valence-electron chi connectivity index (χ0n) is 6.82. The molecule has 1 atom stereocenters. The molecule has 1 unspecified atom stereocenters. The molecule has 5 heteroatoms. The first-order valence-corrected chi connectivity index (χ1v) is 4.76. The van der Waals surface area contributed by atoms with Crippen molar-refractivity contribution in [3.8, 4) is 0 Å². The molecule has 0 rings (SSSR count). The lowest BCUT2D eigenvalue weighted by Crippen LogP contribution is -2.09. The zero-order chi connectivity index (χ0) is 9.61. The van der Waals surface area contributed by atoms with Crippen LogP contribution in [0.1, 0.15) is 13.3 Å². The number of halogens is 3. The SMILES string of the molecule is CC(C=N)CSCCC(F)(F)F. The Kier molecular flexibility index (Phi) is 5.37. The largest absolute Gasteiger partial charge is 0.389 e. The molecule has 0 aromatic carbocycles. The molecule has 0 saturated heterocycles. The number of rotatable bonds is 5. The minimum atomic E-state index is -4.04. The molecule has 0 saturated carbocycles. The van der Waals surface area contributed by atoms with Gasteiger partial charge in [-0.25, -0.2) is 0 Å². The minimum absolute atomic E-state index is 0.0724. The van der Waals surface area contributed by atoms with E-state index in [1.807, 2.05) is 6.92 Å². The second-order valence-corrected chi connectivity index (χ2v) is 3.73. The Labute approximate surface area is 74.2 Å². The molecule has 1 N–H and O–H groups in total. The summed E-state index contributed by atoms with van der Waals surface area (Å²) >= 11 is 1.24. The maximum atomic E-state index is 11.6. The first-order chi connectivity index (χ1) is 5.45. The van der Waals surface area contributed by atoms with Crippen LogP contribution in [0.15, 0.2) is 0 Å². The summed E-state index contributed by atoms with van der Waals surface area (Å²) in [4.78, 5) is 0. The molecule has 0 aliphatic rings. The van der Waals surface area contributed by atoms with E-state index in [4.69, 9.17) is 5.41 Å². The number of hydrogen-bond acceptors (Lipinski definition) is 2. The van der Waals surface area contributed by atoms with Gasteiger partial charge in [-0.2, -0.15) is 24.9 Å². The lowest BCUT2D eigenvalue weighted by molar-refractivity contribution is -0.129. The molecule has 0 aromatic rings. The minimum Gasteiger partial charge on any atom is -0.313 e. The van der Waals surface area contributed by atoms with E-state index in [-0.39, 0.29) is 11.7 Å². The molecule has 72 valence electrons. The predicted molar refractivity (Wildman–Crippen MR) is 45.9 cm³/mol. The van der Waals surface area contributed by atoms with Crippen molar-refractivity contribution < 1.29 is 13.2 Å². The standard InChI is InChI=1S/C7H12F3NS/c1-6(4-11)5-12-3-2-7(8,9)10/h4,6,11H,2-3,5H2,1H3. The van der Waals surface area contributed by atoms with Gasteiger partial charge in [0.05, 0.1) is 6.42 Å². The van der Waals surface area contributed by atoms with E-state index in [0.717, 1.165) is 0 Å². The summed E-state index contributed by atoms with van der Waals surface area (Å²) in [5.74, 6) is 0.768. The van der Waals surface area contributed by atoms with E-state index in [1.54, 1.807) is 0 Å². The summed E-state index contributed by atoms with van der Waals surface area (Å²) in [6.07, 6.45) is -3.52. The van der Waals surface area contributed by atoms with E-state index in [2.05, 4.69) is 0 Å². The fraction of sp³-hybridized carbons (Fsp3) is 0.857. The first-order valence-electron chi connectivity index (χ1n) is 3.61. The van der Waals surface area contributed by atoms with Gasteiger partial charge in [0, 0.05) is 11.5 Å². The second-order valence-electron chi connectivity index (χ2n) is 2.58. The number of thioether (sulfide) groups is 1. The van der Waals surface area contributed by atoms with Gasteiger partial charge in [-0.1, -0.05) is 6.92 Å². The third-order valence-corrected chi connectivity index (χ3v) is 2.45. The molecular weight excluding hydrogens is 187 g/mol. The summed E-state index contributed by atoms with van der Waals surface area (Å²) in [6, 6.07) is 0. The van der Waals surface area contributed by atoms with Gasteiger partial charge >= 0.3 is 6.18 Å². The van der Waals surface area contributed by atoms with E-state index < -0.39 is 12.6 Å². The van der Waals surface area contributed by atoms with Crippen LogP contribution < -0.4 is 0 Å². The van der Waals surface area contributed by atoms with E-state index in [1.165, 1.54) is 18.0 Å². The third-order valence-electron chi connectivity index (χ3n) is 1.20. The quantitative estimate of drug-likeness (QED) is 0.534. The van der Waals surface area contributed by atoms with Gasteiger partial charge < -0.3 is 5.41 Å². The van der Waals surface area contributed by atoms with Crippen molar-refractivity contribution in [2.45, 2.75) is 19.5 Å². The first kappa shape index (κ1) is 11.8. The lowest BCUT2D eigenvalue weighted by Gasteiger charge is -2.06. The van der Waals surface area contributed by atoms with Crippen molar-refractivity contribution in [2.24, 2.45) is 5.92 Å². The third kappa shape index (κ3) is 7.91. The van der Waals surface area contributed by atoms with Crippen LogP contribution in [0, 0.1) is 11.3 Å². The average molecular weight is 199 g/mol. The highest BCUT2D eigenvalue weighted by Gasteiger charge is 2.26. The molecule has 0 bridgehead atoms. The number of hydrogen-bond donors (Lipinski definition) is 1. The van der Waals surface area contributed by atoms with Crippen molar-refractivity contribution in [2.75, 3.05) is 11.5 Å². The van der Waals surface area contributed by atoms with Crippen molar-refractivity contribution in [3.05, 3.63) is 0 Å². The Morgan fingerprint density at radius 3 is 2.50 bits per heavy atom. The molecule has 0 amide bonds. The van der Waals surface area contributed by atoms with Gasteiger partial charge in [0.2, 0.25) is 0 Å². The van der Waals surface area contributed by atoms with Crippen molar-refractivity contribution >= 4 is 18.0 Å². The average Bonchev–Trinajstić information content (AvgIpc) is 1.96. The van der Waals surface area contributed by atoms with Crippen LogP contribution in [0.3, 0.4) is 0 Å². The van der Waals surface area contributed by atoms with Crippen molar-refractivity contribution in [3.63, 3.8) is 0 Å². The van der Waals surface area contributed by atoms with Gasteiger partial charge in [-0.05, 0) is 12.1 Å². The number of nitrogens with one attached hydrogen (secondary N) is 1. The monoisotopic (exact) mass is 199 g/mol. The molecule has 0 spiro atoms. The van der Waals surface area contributed by atoms with Crippen molar-refractivity contribution in [1.82, 2.24) is 0 Å². The van der Waals surface area contributed by atoms with Gasteiger partial charge in [0.1, 0.15) is 0 Å². The van der Waals surface area contributed by atoms with Crippen LogP contribution in [-0.2, 0) is 0 Å². The van der Waals surface area contributed by atoms with Crippen LogP contribution >= 0.6 is 11.8 Å². The highest BCUT2D eigenvalue weighted by atomic mass is 32.2. The lowest BCUT2D eigenvalue weighted by atomic mass is 10.2. The normalized spacial score (nSPS) is 14.3. The van der Waals surface area contributed by atoms with Gasteiger partial charge in [0.15, 0.2) is 0 Å². The summed E-state index contributed by atoms with van der Waals surface area (Å²) in [7, 11) is 0. The Balaban J connectivity index is 3.27. The Hall–Kier alpha value is -0.190. The molecule has 0 aliphatic carbocycles. The number of alkyl halides is 3. The highest BCUT2D eigenvalue weighted by Crippen LogP contribution is 2.22. The Morgan fingerprint density at radius 2 is 2.08 bits per heavy atom. The van der Waals surface area contributed by atoms with Gasteiger partial charge in [-0.15, -0.1) is 0 Å².